The molecule has 0 radical (unpaired) electrons. The van der Waals surface area contributed by atoms with Crippen LogP contribution in [0, 0.1) is 12.3 Å². The SMILES string of the molecule is COCCOc1ccc(-n2nc(C)c(C(=O)N3CCC4(CCNC4)CC3)n2)cc1. The Hall–Kier alpha value is -2.45. The zero-order valence-corrected chi connectivity index (χ0v) is 17.2. The van der Waals surface area contributed by atoms with Crippen molar-refractivity contribution in [1.29, 1.82) is 0 Å². The zero-order chi connectivity index (χ0) is 20.3. The average molecular weight is 399 g/mol. The molecule has 4 rings (SSSR count). The maximum atomic E-state index is 13.0. The number of rotatable bonds is 6. The van der Waals surface area contributed by atoms with E-state index in [2.05, 4.69) is 15.5 Å². The molecule has 3 heterocycles. The van der Waals surface area contributed by atoms with E-state index < -0.39 is 0 Å². The van der Waals surface area contributed by atoms with Crippen LogP contribution < -0.4 is 10.1 Å². The van der Waals surface area contributed by atoms with Gasteiger partial charge in [0.1, 0.15) is 12.4 Å². The number of aryl methyl sites for hydroxylation is 1. The van der Waals surface area contributed by atoms with Crippen LogP contribution in [0.2, 0.25) is 0 Å². The van der Waals surface area contributed by atoms with Crippen LogP contribution in [0.4, 0.5) is 0 Å². The van der Waals surface area contributed by atoms with Gasteiger partial charge in [-0.25, -0.2) is 0 Å². The van der Waals surface area contributed by atoms with Crippen LogP contribution in [0.1, 0.15) is 35.4 Å². The number of carbonyl (C=O) groups is 1. The molecule has 1 spiro atoms. The van der Waals surface area contributed by atoms with Gasteiger partial charge in [0, 0.05) is 26.7 Å². The first-order chi connectivity index (χ1) is 14.1. The van der Waals surface area contributed by atoms with Crippen LogP contribution in [-0.4, -0.2) is 72.3 Å². The smallest absolute Gasteiger partial charge is 0.276 e. The molecule has 8 nitrogen and oxygen atoms in total. The molecule has 1 aromatic carbocycles. The van der Waals surface area contributed by atoms with Crippen molar-refractivity contribution >= 4 is 5.91 Å². The second kappa shape index (κ2) is 8.51. The maximum Gasteiger partial charge on any atom is 0.276 e. The standard InChI is InChI=1S/C21H29N5O3/c1-16-19(20(27)25-11-8-21(9-12-25)7-10-22-15-21)24-26(23-16)17-3-5-18(6-4-17)29-14-13-28-2/h3-6,22H,7-15H2,1-2H3. The summed E-state index contributed by atoms with van der Waals surface area (Å²) in [4.78, 5) is 16.5. The number of aromatic nitrogens is 3. The van der Waals surface area contributed by atoms with Gasteiger partial charge in [-0.2, -0.15) is 9.90 Å². The molecular formula is C21H29N5O3. The van der Waals surface area contributed by atoms with Crippen LogP contribution in [0.15, 0.2) is 24.3 Å². The highest BCUT2D eigenvalue weighted by Gasteiger charge is 2.38. The lowest BCUT2D eigenvalue weighted by Crippen LogP contribution is -2.44. The fourth-order valence-electron chi connectivity index (χ4n) is 4.17. The van der Waals surface area contributed by atoms with Gasteiger partial charge in [0.25, 0.3) is 5.91 Å². The molecule has 2 fully saturated rings. The van der Waals surface area contributed by atoms with Crippen molar-refractivity contribution in [2.24, 2.45) is 5.41 Å². The number of likely N-dealkylation sites (tertiary alicyclic amines) is 1. The van der Waals surface area contributed by atoms with E-state index in [0.717, 1.165) is 50.5 Å². The van der Waals surface area contributed by atoms with Crippen LogP contribution in [0.5, 0.6) is 5.75 Å². The molecular weight excluding hydrogens is 370 g/mol. The maximum absolute atomic E-state index is 13.0. The third-order valence-corrected chi connectivity index (χ3v) is 6.05. The first-order valence-electron chi connectivity index (χ1n) is 10.3. The number of methoxy groups -OCH3 is 1. The minimum atomic E-state index is -0.0194. The molecule has 2 saturated heterocycles. The second-order valence-electron chi connectivity index (χ2n) is 7.98. The third-order valence-electron chi connectivity index (χ3n) is 6.05. The molecule has 0 atom stereocenters. The van der Waals surface area contributed by atoms with E-state index in [1.807, 2.05) is 36.1 Å². The van der Waals surface area contributed by atoms with Crippen molar-refractivity contribution in [3.05, 3.63) is 35.7 Å². The summed E-state index contributed by atoms with van der Waals surface area (Å²) in [6.07, 6.45) is 3.34. The summed E-state index contributed by atoms with van der Waals surface area (Å²) in [5.74, 6) is 0.740. The number of hydrogen-bond acceptors (Lipinski definition) is 6. The van der Waals surface area contributed by atoms with Crippen molar-refractivity contribution in [3.63, 3.8) is 0 Å². The van der Waals surface area contributed by atoms with E-state index in [-0.39, 0.29) is 5.91 Å². The van der Waals surface area contributed by atoms with Gasteiger partial charge in [0.15, 0.2) is 5.69 Å². The number of carbonyl (C=O) groups excluding carboxylic acids is 1. The summed E-state index contributed by atoms with van der Waals surface area (Å²) in [6, 6.07) is 7.50. The Balaban J connectivity index is 1.42. The van der Waals surface area contributed by atoms with Crippen LogP contribution >= 0.6 is 0 Å². The predicted molar refractivity (Wildman–Crippen MR) is 109 cm³/mol. The molecule has 2 aromatic rings. The first-order valence-corrected chi connectivity index (χ1v) is 10.3. The quantitative estimate of drug-likeness (QED) is 0.747. The van der Waals surface area contributed by atoms with E-state index >= 15 is 0 Å². The summed E-state index contributed by atoms with van der Waals surface area (Å²) >= 11 is 0. The summed E-state index contributed by atoms with van der Waals surface area (Å²) in [5.41, 5.74) is 2.27. The van der Waals surface area contributed by atoms with Crippen LogP contribution in [-0.2, 0) is 4.74 Å². The highest BCUT2D eigenvalue weighted by atomic mass is 16.5. The van der Waals surface area contributed by atoms with Crippen molar-refractivity contribution in [2.75, 3.05) is 46.5 Å². The zero-order valence-electron chi connectivity index (χ0n) is 17.2. The predicted octanol–water partition coefficient (Wildman–Crippen LogP) is 1.82. The number of nitrogens with zero attached hydrogens (tertiary/aromatic N) is 4. The number of piperidine rings is 1. The minimum absolute atomic E-state index is 0.0194. The molecule has 0 aliphatic carbocycles. The van der Waals surface area contributed by atoms with E-state index in [4.69, 9.17) is 9.47 Å². The number of nitrogens with one attached hydrogen (secondary N) is 1. The van der Waals surface area contributed by atoms with Gasteiger partial charge in [-0.15, -0.1) is 5.10 Å². The fourth-order valence-corrected chi connectivity index (χ4v) is 4.17. The lowest BCUT2D eigenvalue weighted by molar-refractivity contribution is 0.0601. The monoisotopic (exact) mass is 399 g/mol. The summed E-state index contributed by atoms with van der Waals surface area (Å²) < 4.78 is 10.6. The summed E-state index contributed by atoms with van der Waals surface area (Å²) in [7, 11) is 1.64. The van der Waals surface area contributed by atoms with Gasteiger partial charge in [0.2, 0.25) is 0 Å². The van der Waals surface area contributed by atoms with Gasteiger partial charge in [0.05, 0.1) is 18.0 Å². The molecule has 0 bridgehead atoms. The summed E-state index contributed by atoms with van der Waals surface area (Å²) in [5, 5.41) is 12.4. The molecule has 0 saturated carbocycles. The highest BCUT2D eigenvalue weighted by molar-refractivity contribution is 5.93. The number of benzene rings is 1. The van der Waals surface area contributed by atoms with E-state index in [1.54, 1.807) is 7.11 Å². The third kappa shape index (κ3) is 4.28. The Labute approximate surface area is 171 Å². The molecule has 2 aliphatic rings. The molecule has 0 unspecified atom stereocenters. The highest BCUT2D eigenvalue weighted by Crippen LogP contribution is 2.37. The van der Waals surface area contributed by atoms with Gasteiger partial charge >= 0.3 is 0 Å². The van der Waals surface area contributed by atoms with Crippen LogP contribution in [0.25, 0.3) is 5.69 Å². The lowest BCUT2D eigenvalue weighted by Gasteiger charge is -2.38. The topological polar surface area (TPSA) is 81.5 Å². The molecule has 1 N–H and O–H groups in total. The first kappa shape index (κ1) is 19.8. The largest absolute Gasteiger partial charge is 0.491 e. The Morgan fingerprint density at radius 2 is 1.90 bits per heavy atom. The van der Waals surface area contributed by atoms with Gasteiger partial charge in [-0.05, 0) is 62.4 Å². The number of hydrogen-bond donors (Lipinski definition) is 1. The van der Waals surface area contributed by atoms with Crippen LogP contribution in [0.3, 0.4) is 0 Å². The van der Waals surface area contributed by atoms with E-state index in [1.165, 1.54) is 11.2 Å². The molecule has 1 amide bonds. The normalized spacial score (nSPS) is 18.3. The average Bonchev–Trinajstić information content (AvgIpc) is 3.36. The fraction of sp³-hybridized carbons (Fsp3) is 0.571. The lowest BCUT2D eigenvalue weighted by atomic mass is 9.78. The second-order valence-corrected chi connectivity index (χ2v) is 7.98. The molecule has 2 aliphatic heterocycles. The molecule has 1 aromatic heterocycles. The Morgan fingerprint density at radius 1 is 1.14 bits per heavy atom. The number of amides is 1. The van der Waals surface area contributed by atoms with E-state index in [9.17, 15) is 4.79 Å². The Kier molecular flexibility index (Phi) is 5.82. The van der Waals surface area contributed by atoms with Gasteiger partial charge in [-0.3, -0.25) is 4.79 Å². The Morgan fingerprint density at radius 3 is 2.55 bits per heavy atom. The van der Waals surface area contributed by atoms with Crippen molar-refractivity contribution in [2.45, 2.75) is 26.2 Å². The van der Waals surface area contributed by atoms with E-state index in [0.29, 0.717) is 30.0 Å². The molecule has 156 valence electrons. The summed E-state index contributed by atoms with van der Waals surface area (Å²) in [6.45, 7) is 6.64. The van der Waals surface area contributed by atoms with Crippen molar-refractivity contribution in [3.8, 4) is 11.4 Å². The van der Waals surface area contributed by atoms with Gasteiger partial charge < -0.3 is 19.7 Å². The van der Waals surface area contributed by atoms with Gasteiger partial charge in [-0.1, -0.05) is 0 Å². The molecule has 8 heteroatoms. The Bertz CT molecular complexity index is 833. The molecule has 29 heavy (non-hydrogen) atoms. The van der Waals surface area contributed by atoms with Crippen molar-refractivity contribution in [1.82, 2.24) is 25.2 Å². The minimum Gasteiger partial charge on any atom is -0.491 e. The number of ether oxygens (including phenoxy) is 2. The van der Waals surface area contributed by atoms with Crippen molar-refractivity contribution < 1.29 is 14.3 Å².